The van der Waals surface area contributed by atoms with Crippen LogP contribution in [0.1, 0.15) is 209 Å². The molecule has 7 aliphatic rings. The SMILES string of the molecule is COc1cc2c(cc1OCCCCCOc1cc3c(cc1OC)C(=O)N1C=C(C4CC4)C[C@@H]1C=N3)N=C[C@H]1CC(c3ccc(NC(=O)[C@@H](C)NC(=O)[C@H](NC(=O)CCOCCOCCOCCOCCOCCOCCOCCOCCNC(=O)CCN4C(=O)CC(SC(C)(C)CC5CCCCCCCCCCCC5)C4=O)C(C)C)cc3)=CN1C2=O. The Morgan fingerprint density at radius 1 is 0.521 bits per heavy atom. The first-order valence-electron chi connectivity index (χ1n) is 44.0. The second-order valence-electron chi connectivity index (χ2n) is 32.9. The third kappa shape index (κ3) is 30.8. The summed E-state index contributed by atoms with van der Waals surface area (Å²) in [5.74, 6) is 0.618. The number of carbonyl (C=O) groups excluding carboxylic acids is 8. The lowest BCUT2D eigenvalue weighted by atomic mass is 9.87. The molecule has 2 aliphatic carbocycles. The van der Waals surface area contributed by atoms with E-state index in [1.807, 2.05) is 30.7 Å². The van der Waals surface area contributed by atoms with Gasteiger partial charge < -0.3 is 87.9 Å². The van der Waals surface area contributed by atoms with Gasteiger partial charge in [0.2, 0.25) is 35.4 Å². The zero-order chi connectivity index (χ0) is 85.7. The third-order valence-electron chi connectivity index (χ3n) is 22.5. The van der Waals surface area contributed by atoms with Crippen molar-refractivity contribution in [2.75, 3.05) is 152 Å². The van der Waals surface area contributed by atoms with Crippen molar-refractivity contribution in [2.45, 2.75) is 216 Å². The molecule has 2 saturated carbocycles. The number of amides is 8. The zero-order valence-corrected chi connectivity index (χ0v) is 73.1. The number of fused-ring (bicyclic) bond motifs is 4. The second kappa shape index (κ2) is 50.4. The minimum absolute atomic E-state index is 0.0171. The molecule has 8 amide bonds. The lowest BCUT2D eigenvalue weighted by molar-refractivity contribution is -0.138. The van der Waals surface area contributed by atoms with E-state index in [1.54, 1.807) is 92.1 Å². The Bertz CT molecular complexity index is 3970. The highest BCUT2D eigenvalue weighted by Crippen LogP contribution is 2.46. The first-order chi connectivity index (χ1) is 58.8. The third-order valence-corrected chi connectivity index (χ3v) is 24.0. The lowest BCUT2D eigenvalue weighted by Crippen LogP contribution is -2.53. The van der Waals surface area contributed by atoms with Gasteiger partial charge in [0, 0.05) is 86.2 Å². The van der Waals surface area contributed by atoms with Crippen LogP contribution >= 0.6 is 11.8 Å². The van der Waals surface area contributed by atoms with Crippen LogP contribution in [0.2, 0.25) is 0 Å². The highest BCUT2D eigenvalue weighted by atomic mass is 32.2. The van der Waals surface area contributed by atoms with Gasteiger partial charge in [-0.3, -0.25) is 53.2 Å². The number of aliphatic imine (C=N–C) groups is 2. The average molecular weight is 1700 g/mol. The summed E-state index contributed by atoms with van der Waals surface area (Å²) < 4.78 is 68.3. The highest BCUT2D eigenvalue weighted by Gasteiger charge is 2.43. The minimum atomic E-state index is -0.935. The van der Waals surface area contributed by atoms with Gasteiger partial charge >= 0.3 is 0 Å². The van der Waals surface area contributed by atoms with Crippen LogP contribution in [0.3, 0.4) is 0 Å². The number of methoxy groups -OCH3 is 2. The number of nitrogens with one attached hydrogen (secondary N) is 4. The maximum atomic E-state index is 14.2. The van der Waals surface area contributed by atoms with E-state index in [0.29, 0.717) is 182 Å². The van der Waals surface area contributed by atoms with E-state index < -0.39 is 29.1 Å². The molecule has 30 heteroatoms. The Morgan fingerprint density at radius 2 is 1.01 bits per heavy atom. The molecular weight excluding hydrogens is 1570 g/mol. The van der Waals surface area contributed by atoms with Crippen LogP contribution in [-0.4, -0.2) is 255 Å². The molecule has 0 radical (unpaired) electrons. The fourth-order valence-electron chi connectivity index (χ4n) is 15.7. The van der Waals surface area contributed by atoms with E-state index in [0.717, 1.165) is 43.2 Å². The number of hydrogen-bond donors (Lipinski definition) is 4. The van der Waals surface area contributed by atoms with Crippen LogP contribution in [-0.2, 0) is 66.7 Å². The Labute approximate surface area is 718 Å². The van der Waals surface area contributed by atoms with Gasteiger partial charge in [-0.25, -0.2) is 0 Å². The molecule has 121 heavy (non-hydrogen) atoms. The van der Waals surface area contributed by atoms with Crippen molar-refractivity contribution >= 4 is 94.1 Å². The minimum Gasteiger partial charge on any atom is -0.493 e. The second-order valence-corrected chi connectivity index (χ2v) is 34.8. The number of benzene rings is 3. The first-order valence-corrected chi connectivity index (χ1v) is 44.9. The van der Waals surface area contributed by atoms with E-state index in [1.165, 1.54) is 107 Å². The van der Waals surface area contributed by atoms with Crippen molar-refractivity contribution in [2.24, 2.45) is 27.7 Å². The molecule has 0 aromatic heterocycles. The van der Waals surface area contributed by atoms with Crippen molar-refractivity contribution in [1.29, 1.82) is 0 Å². The monoisotopic (exact) mass is 1700 g/mol. The summed E-state index contributed by atoms with van der Waals surface area (Å²) in [5, 5.41) is 10.8. The number of imide groups is 1. The van der Waals surface area contributed by atoms with E-state index in [-0.39, 0.29) is 97.2 Å². The normalized spacial score (nSPS) is 18.8. The van der Waals surface area contributed by atoms with Crippen molar-refractivity contribution < 1.29 is 95.2 Å². The van der Waals surface area contributed by atoms with E-state index in [9.17, 15) is 38.4 Å². The summed E-state index contributed by atoms with van der Waals surface area (Å²) in [4.78, 5) is 121. The van der Waals surface area contributed by atoms with E-state index in [2.05, 4.69) is 35.1 Å². The van der Waals surface area contributed by atoms with Gasteiger partial charge in [0.15, 0.2) is 23.0 Å². The van der Waals surface area contributed by atoms with Crippen LogP contribution in [0, 0.1) is 17.8 Å². The van der Waals surface area contributed by atoms with Gasteiger partial charge in [0.25, 0.3) is 11.8 Å². The molecule has 1 saturated heterocycles. The Morgan fingerprint density at radius 3 is 1.51 bits per heavy atom. The van der Waals surface area contributed by atoms with Crippen molar-refractivity contribution in [1.82, 2.24) is 30.7 Å². The standard InChI is InChI=1S/C91H131N9O20S/c1-63(2)85(97-83(102)30-35-111-37-39-113-41-43-115-45-47-117-49-50-118-48-46-116-44-42-114-40-38-112-36-31-92-82(101)29-32-98-84(103)57-81(90(98)108)121-91(4,5)58-65-21-17-14-12-10-8-9-11-13-15-18-22-65)87(105)95-64(3)86(104)96-70-27-25-67(26-28-70)69-52-72-60-94-76-56-80(78(110-7)54-74(76)89(107)100(72)62-69)120-34-20-16-19-33-119-79-55-75-73(53-77(79)109-6)88(106)99-61-68(66-23-24-66)51-71(99)59-93-75/h25-28,53-56,59-66,71-72,81,85H,8-24,29-52,57-58H2,1-7H3,(H,92,101)(H,95,105)(H,96,104)(H,97,102)/t64-,71-,72-,81?,85-/m1/s1. The summed E-state index contributed by atoms with van der Waals surface area (Å²) in [7, 11) is 3.10. The van der Waals surface area contributed by atoms with Crippen molar-refractivity contribution in [3.8, 4) is 23.0 Å². The smallest absolute Gasteiger partial charge is 0.260 e. The highest BCUT2D eigenvalue weighted by molar-refractivity contribution is 8.02. The van der Waals surface area contributed by atoms with Gasteiger partial charge in [-0.15, -0.1) is 11.8 Å². The molecule has 10 rings (SSSR count). The van der Waals surface area contributed by atoms with Crippen LogP contribution in [0.4, 0.5) is 17.1 Å². The summed E-state index contributed by atoms with van der Waals surface area (Å²) in [6.07, 6.45) is 30.5. The average Bonchev–Trinajstić information content (AvgIpc) is 1.65. The van der Waals surface area contributed by atoms with E-state index in [4.69, 9.17) is 66.8 Å². The fourth-order valence-corrected chi connectivity index (χ4v) is 17.3. The van der Waals surface area contributed by atoms with Gasteiger partial charge in [-0.1, -0.05) is 117 Å². The number of hydrogen-bond acceptors (Lipinski definition) is 23. The predicted molar refractivity (Wildman–Crippen MR) is 464 cm³/mol. The van der Waals surface area contributed by atoms with Crippen LogP contribution in [0.25, 0.3) is 5.57 Å². The molecule has 5 atom stereocenters. The van der Waals surface area contributed by atoms with Gasteiger partial charge in [0.05, 0.1) is 173 Å². The molecule has 3 aromatic rings. The Kier molecular flexibility index (Phi) is 39.6. The number of thioether (sulfide) groups is 1. The number of likely N-dealkylation sites (tertiary alicyclic amines) is 1. The number of ether oxygens (including phenoxy) is 12. The number of unbranched alkanes of at least 4 members (excludes halogenated alkanes) is 2. The maximum absolute atomic E-state index is 14.2. The molecule has 3 fully saturated rings. The Hall–Kier alpha value is -8.33. The molecule has 1 unspecified atom stereocenters. The molecule has 0 spiro atoms. The van der Waals surface area contributed by atoms with Gasteiger partial charge in [0.1, 0.15) is 12.1 Å². The zero-order valence-electron chi connectivity index (χ0n) is 72.3. The summed E-state index contributed by atoms with van der Waals surface area (Å²) in [6, 6.07) is 11.9. The lowest BCUT2D eigenvalue weighted by Gasteiger charge is -2.31. The van der Waals surface area contributed by atoms with Gasteiger partial charge in [-0.05, 0) is 111 Å². The molecule has 29 nitrogen and oxygen atoms in total. The largest absolute Gasteiger partial charge is 0.493 e. The van der Waals surface area contributed by atoms with Crippen LogP contribution in [0.5, 0.6) is 23.0 Å². The van der Waals surface area contributed by atoms with Crippen LogP contribution < -0.4 is 40.2 Å². The number of rotatable bonds is 52. The first kappa shape index (κ1) is 94.9. The molecule has 3 aromatic carbocycles. The predicted octanol–water partition coefficient (Wildman–Crippen LogP) is 12.5. The summed E-state index contributed by atoms with van der Waals surface area (Å²) in [6.45, 7) is 16.5. The fraction of sp³-hybridized carbons (Fsp3) is 0.648. The van der Waals surface area contributed by atoms with E-state index >= 15 is 0 Å². The van der Waals surface area contributed by atoms with Crippen molar-refractivity contribution in [3.05, 3.63) is 83.2 Å². The van der Waals surface area contributed by atoms with Crippen LogP contribution in [0.15, 0.2) is 76.5 Å². The molecule has 5 aliphatic heterocycles. The quantitative estimate of drug-likeness (QED) is 0.0301. The number of nitrogens with zero attached hydrogens (tertiary/aromatic N) is 5. The molecule has 0 bridgehead atoms. The maximum Gasteiger partial charge on any atom is 0.260 e. The van der Waals surface area contributed by atoms with Crippen molar-refractivity contribution in [3.63, 3.8) is 0 Å². The van der Waals surface area contributed by atoms with Gasteiger partial charge in [-0.2, -0.15) is 0 Å². The summed E-state index contributed by atoms with van der Waals surface area (Å²) >= 11 is 1.64. The number of anilines is 1. The molecule has 4 N–H and O–H groups in total. The molecular formula is C91H131N9O20S. The number of carbonyl (C=O) groups is 8. The topological polar surface area (TPSA) is 330 Å². The molecule has 666 valence electrons. The Balaban J connectivity index is 0.488. The summed E-state index contributed by atoms with van der Waals surface area (Å²) in [5.41, 5.74) is 5.50. The molecule has 5 heterocycles.